The molecule has 0 saturated carbocycles. The zero-order valence-electron chi connectivity index (χ0n) is 15.0. The molecule has 0 atom stereocenters. The Bertz CT molecular complexity index is 836. The maximum Gasteiger partial charge on any atom is 0.243 e. The van der Waals surface area contributed by atoms with Crippen LogP contribution in [0.2, 0.25) is 0 Å². The molecule has 1 N–H and O–H groups in total. The van der Waals surface area contributed by atoms with Gasteiger partial charge in [-0.1, -0.05) is 42.5 Å². The summed E-state index contributed by atoms with van der Waals surface area (Å²) in [5.41, 5.74) is 2.73. The van der Waals surface area contributed by atoms with Gasteiger partial charge in [-0.15, -0.1) is 0 Å². The quantitative estimate of drug-likeness (QED) is 0.818. The highest BCUT2D eigenvalue weighted by Crippen LogP contribution is 2.15. The predicted molar refractivity (Wildman–Crippen MR) is 102 cm³/mol. The van der Waals surface area contributed by atoms with E-state index in [4.69, 9.17) is 0 Å². The number of benzene rings is 2. The predicted octanol–water partition coefficient (Wildman–Crippen LogP) is 2.90. The molecule has 27 heavy (non-hydrogen) atoms. The fourth-order valence-electron chi connectivity index (χ4n) is 2.95. The monoisotopic (exact) mass is 367 g/mol. The van der Waals surface area contributed by atoms with Crippen molar-refractivity contribution in [1.82, 2.24) is 10.3 Å². The van der Waals surface area contributed by atoms with Crippen LogP contribution >= 0.6 is 0 Å². The maximum absolute atomic E-state index is 13.1. The van der Waals surface area contributed by atoms with Gasteiger partial charge >= 0.3 is 0 Å². The molecule has 6 heteroatoms. The number of amides is 2. The Morgan fingerprint density at radius 1 is 1.07 bits per heavy atom. The fraction of sp³-hybridized carbons (Fsp3) is 0.286. The lowest BCUT2D eigenvalue weighted by Gasteiger charge is -2.11. The van der Waals surface area contributed by atoms with Crippen molar-refractivity contribution in [2.45, 2.75) is 25.7 Å². The van der Waals surface area contributed by atoms with Gasteiger partial charge in [0.05, 0.1) is 12.3 Å². The molecule has 0 saturated heterocycles. The summed E-state index contributed by atoms with van der Waals surface area (Å²) in [6.07, 6.45) is 1.51. The Morgan fingerprint density at radius 3 is 2.67 bits per heavy atom. The van der Waals surface area contributed by atoms with Gasteiger partial charge in [0, 0.05) is 25.8 Å². The first-order chi connectivity index (χ1) is 13.1. The van der Waals surface area contributed by atoms with Crippen LogP contribution in [0.3, 0.4) is 0 Å². The van der Waals surface area contributed by atoms with E-state index in [-0.39, 0.29) is 30.5 Å². The third-order valence-electron chi connectivity index (χ3n) is 4.39. The summed E-state index contributed by atoms with van der Waals surface area (Å²) in [4.78, 5) is 24.2. The van der Waals surface area contributed by atoms with Gasteiger partial charge in [0.1, 0.15) is 5.82 Å². The van der Waals surface area contributed by atoms with E-state index >= 15 is 0 Å². The minimum atomic E-state index is -0.287. The van der Waals surface area contributed by atoms with Crippen molar-refractivity contribution < 1.29 is 14.0 Å². The number of halogens is 1. The highest BCUT2D eigenvalue weighted by atomic mass is 19.1. The van der Waals surface area contributed by atoms with Crippen LogP contribution < -0.4 is 5.32 Å². The second-order valence-corrected chi connectivity index (χ2v) is 6.41. The van der Waals surface area contributed by atoms with Crippen molar-refractivity contribution in [2.75, 3.05) is 13.1 Å². The van der Waals surface area contributed by atoms with Crippen LogP contribution in [0.25, 0.3) is 0 Å². The molecule has 3 rings (SSSR count). The Morgan fingerprint density at radius 2 is 1.89 bits per heavy atom. The van der Waals surface area contributed by atoms with E-state index in [1.165, 1.54) is 17.1 Å². The molecule has 5 nitrogen and oxygen atoms in total. The normalized spacial score (nSPS) is 13.4. The van der Waals surface area contributed by atoms with Crippen LogP contribution in [-0.4, -0.2) is 35.6 Å². The van der Waals surface area contributed by atoms with Crippen LogP contribution in [0.15, 0.2) is 59.7 Å². The molecule has 0 spiro atoms. The molecule has 0 bridgehead atoms. The van der Waals surface area contributed by atoms with Crippen molar-refractivity contribution in [3.8, 4) is 0 Å². The molecule has 1 aliphatic rings. The second kappa shape index (κ2) is 9.07. The molecule has 1 heterocycles. The molecule has 2 amide bonds. The summed E-state index contributed by atoms with van der Waals surface area (Å²) in [5.74, 6) is -0.627. The van der Waals surface area contributed by atoms with E-state index in [2.05, 4.69) is 10.4 Å². The highest BCUT2D eigenvalue weighted by molar-refractivity contribution is 6.02. The molecule has 1 aliphatic heterocycles. The number of rotatable bonds is 7. The fourth-order valence-corrected chi connectivity index (χ4v) is 2.95. The van der Waals surface area contributed by atoms with Crippen LogP contribution in [-0.2, 0) is 16.0 Å². The largest absolute Gasteiger partial charge is 0.356 e. The summed E-state index contributed by atoms with van der Waals surface area (Å²) in [6.45, 7) is 0.959. The Hall–Kier alpha value is -3.02. The molecular weight excluding hydrogens is 345 g/mol. The molecule has 0 unspecified atom stereocenters. The average Bonchev–Trinajstić information content (AvgIpc) is 3.17. The molecule has 0 radical (unpaired) electrons. The number of hydrogen-bond acceptors (Lipinski definition) is 3. The van der Waals surface area contributed by atoms with E-state index < -0.39 is 0 Å². The number of nitrogens with zero attached hydrogens (tertiary/aromatic N) is 2. The number of carbonyl (C=O) groups excluding carboxylic acids is 2. The lowest BCUT2D eigenvalue weighted by Crippen LogP contribution is -2.29. The number of hydrogen-bond donors (Lipinski definition) is 1. The van der Waals surface area contributed by atoms with Crippen molar-refractivity contribution in [3.63, 3.8) is 0 Å². The first kappa shape index (κ1) is 18.8. The van der Waals surface area contributed by atoms with Gasteiger partial charge in [-0.3, -0.25) is 9.59 Å². The van der Waals surface area contributed by atoms with Crippen LogP contribution in [0.5, 0.6) is 0 Å². The smallest absolute Gasteiger partial charge is 0.243 e. The van der Waals surface area contributed by atoms with Gasteiger partial charge in [-0.2, -0.15) is 5.10 Å². The van der Waals surface area contributed by atoms with Crippen molar-refractivity contribution >= 4 is 17.5 Å². The topological polar surface area (TPSA) is 61.8 Å². The summed E-state index contributed by atoms with van der Waals surface area (Å²) in [5, 5.41) is 8.59. The lowest BCUT2D eigenvalue weighted by molar-refractivity contribution is -0.133. The molecule has 0 fully saturated rings. The lowest BCUT2D eigenvalue weighted by atomic mass is 10.1. The van der Waals surface area contributed by atoms with Crippen molar-refractivity contribution in [2.24, 2.45) is 5.10 Å². The van der Waals surface area contributed by atoms with Crippen LogP contribution in [0, 0.1) is 5.82 Å². The minimum Gasteiger partial charge on any atom is -0.356 e. The Kier molecular flexibility index (Phi) is 6.30. The van der Waals surface area contributed by atoms with Gasteiger partial charge in [0.15, 0.2) is 0 Å². The van der Waals surface area contributed by atoms with Crippen LogP contribution in [0.1, 0.15) is 30.4 Å². The van der Waals surface area contributed by atoms with Gasteiger partial charge in [0.25, 0.3) is 0 Å². The van der Waals surface area contributed by atoms with E-state index in [0.717, 1.165) is 23.3 Å². The van der Waals surface area contributed by atoms with E-state index in [1.54, 1.807) is 6.07 Å². The summed E-state index contributed by atoms with van der Waals surface area (Å²) >= 11 is 0. The SMILES string of the molecule is O=C(CCC(=O)N1CCC(c2ccccc2)=N1)NCCc1cccc(F)c1. The third-order valence-corrected chi connectivity index (χ3v) is 4.39. The Balaban J connectivity index is 1.40. The zero-order valence-corrected chi connectivity index (χ0v) is 15.0. The number of nitrogens with one attached hydrogen (secondary N) is 1. The van der Waals surface area contributed by atoms with Gasteiger partial charge in [-0.25, -0.2) is 9.40 Å². The molecular formula is C21H22FN3O2. The average molecular weight is 367 g/mol. The summed E-state index contributed by atoms with van der Waals surface area (Å²) in [6, 6.07) is 16.1. The first-order valence-corrected chi connectivity index (χ1v) is 9.06. The van der Waals surface area contributed by atoms with Gasteiger partial charge < -0.3 is 5.32 Å². The molecule has 2 aromatic rings. The van der Waals surface area contributed by atoms with Crippen molar-refractivity contribution in [1.29, 1.82) is 0 Å². The van der Waals surface area contributed by atoms with Crippen LogP contribution in [0.4, 0.5) is 4.39 Å². The number of hydrazone groups is 1. The molecule has 0 aromatic heterocycles. The zero-order chi connectivity index (χ0) is 19.1. The van der Waals surface area contributed by atoms with Gasteiger partial charge in [0.2, 0.25) is 11.8 Å². The third kappa shape index (κ3) is 5.48. The summed E-state index contributed by atoms with van der Waals surface area (Å²) < 4.78 is 13.1. The standard InChI is InChI=1S/C21H22FN3O2/c22-18-8-4-5-16(15-18)11-13-23-20(26)9-10-21(27)25-14-12-19(24-25)17-6-2-1-3-7-17/h1-8,15H,9-14H2,(H,23,26). The maximum atomic E-state index is 13.1. The molecule has 140 valence electrons. The van der Waals surface area contributed by atoms with Gasteiger partial charge in [-0.05, 0) is 29.7 Å². The summed E-state index contributed by atoms with van der Waals surface area (Å²) in [7, 11) is 0. The Labute approximate surface area is 157 Å². The molecule has 0 aliphatic carbocycles. The first-order valence-electron chi connectivity index (χ1n) is 9.06. The van der Waals surface area contributed by atoms with E-state index in [9.17, 15) is 14.0 Å². The number of carbonyl (C=O) groups is 2. The second-order valence-electron chi connectivity index (χ2n) is 6.41. The van der Waals surface area contributed by atoms with E-state index in [1.807, 2.05) is 36.4 Å². The molecule has 2 aromatic carbocycles. The van der Waals surface area contributed by atoms with Crippen molar-refractivity contribution in [3.05, 3.63) is 71.5 Å². The van der Waals surface area contributed by atoms with E-state index in [0.29, 0.717) is 19.5 Å². The highest BCUT2D eigenvalue weighted by Gasteiger charge is 2.21. The minimum absolute atomic E-state index is 0.120.